The number of nitriles is 1. The summed E-state index contributed by atoms with van der Waals surface area (Å²) in [6.45, 7) is 8.57. The smallest absolute Gasteiger partial charge is 0.408 e. The molecular formula is C29H38N4O5S. The minimum atomic E-state index is -1.13. The van der Waals surface area contributed by atoms with Crippen LogP contribution >= 0.6 is 11.8 Å². The Balaban J connectivity index is 2.53. The molecule has 2 aromatic rings. The zero-order valence-corrected chi connectivity index (χ0v) is 24.5. The summed E-state index contributed by atoms with van der Waals surface area (Å²) >= 11 is 1.52. The SMILES string of the molecule is COc1ccc(NC(=O)C(c2cc(C)ccc2C)N(CC#N)C(=O)C(CCSC)NC(=O)OC(C)(C)C)cc1. The molecule has 0 fully saturated rings. The van der Waals surface area contributed by atoms with Crippen LogP contribution in [0.25, 0.3) is 0 Å². The third kappa shape index (κ3) is 9.52. The first-order valence-corrected chi connectivity index (χ1v) is 14.0. The van der Waals surface area contributed by atoms with Crippen molar-refractivity contribution in [3.8, 4) is 11.8 Å². The zero-order chi connectivity index (χ0) is 29.2. The van der Waals surface area contributed by atoms with E-state index in [-0.39, 0.29) is 6.54 Å². The molecular weight excluding hydrogens is 516 g/mol. The van der Waals surface area contributed by atoms with Crippen LogP contribution in [0, 0.1) is 25.2 Å². The Morgan fingerprint density at radius 3 is 2.33 bits per heavy atom. The molecule has 0 aliphatic carbocycles. The number of carbonyl (C=O) groups excluding carboxylic acids is 3. The highest BCUT2D eigenvalue weighted by molar-refractivity contribution is 7.98. The van der Waals surface area contributed by atoms with Gasteiger partial charge in [-0.2, -0.15) is 17.0 Å². The van der Waals surface area contributed by atoms with Crippen LogP contribution in [0.3, 0.4) is 0 Å². The maximum absolute atomic E-state index is 14.0. The minimum Gasteiger partial charge on any atom is -0.497 e. The normalized spacial score (nSPS) is 12.5. The van der Waals surface area contributed by atoms with Crippen molar-refractivity contribution in [2.24, 2.45) is 0 Å². The average molecular weight is 555 g/mol. The maximum Gasteiger partial charge on any atom is 0.408 e. The molecule has 0 spiro atoms. The number of benzene rings is 2. The van der Waals surface area contributed by atoms with E-state index in [1.165, 1.54) is 16.7 Å². The van der Waals surface area contributed by atoms with Crippen molar-refractivity contribution in [1.82, 2.24) is 10.2 Å². The second-order valence-corrected chi connectivity index (χ2v) is 11.1. The van der Waals surface area contributed by atoms with Crippen molar-refractivity contribution < 1.29 is 23.9 Å². The van der Waals surface area contributed by atoms with E-state index in [1.54, 1.807) is 52.1 Å². The van der Waals surface area contributed by atoms with Crippen LogP contribution in [0.1, 0.15) is 49.9 Å². The summed E-state index contributed by atoms with van der Waals surface area (Å²) in [6.07, 6.45) is 1.44. The Morgan fingerprint density at radius 1 is 1.10 bits per heavy atom. The van der Waals surface area contributed by atoms with Gasteiger partial charge in [-0.15, -0.1) is 0 Å². The van der Waals surface area contributed by atoms with Gasteiger partial charge in [0.05, 0.1) is 13.2 Å². The summed E-state index contributed by atoms with van der Waals surface area (Å²) in [5, 5.41) is 15.3. The predicted molar refractivity (Wildman–Crippen MR) is 154 cm³/mol. The fourth-order valence-electron chi connectivity index (χ4n) is 3.91. The Labute approximate surface area is 235 Å². The predicted octanol–water partition coefficient (Wildman–Crippen LogP) is 4.99. The molecule has 0 saturated heterocycles. The lowest BCUT2D eigenvalue weighted by molar-refractivity contribution is -0.140. The maximum atomic E-state index is 14.0. The van der Waals surface area contributed by atoms with Crippen molar-refractivity contribution >= 4 is 35.4 Å². The lowest BCUT2D eigenvalue weighted by atomic mass is 9.96. The van der Waals surface area contributed by atoms with Crippen LogP contribution in [0.2, 0.25) is 0 Å². The summed E-state index contributed by atoms with van der Waals surface area (Å²) in [5.74, 6) is 0.162. The van der Waals surface area contributed by atoms with Crippen molar-refractivity contribution in [2.45, 2.75) is 58.7 Å². The number of anilines is 1. The number of rotatable bonds is 11. The molecule has 2 rings (SSSR count). The molecule has 0 aromatic heterocycles. The summed E-state index contributed by atoms with van der Waals surface area (Å²) in [6, 6.07) is 12.3. The number of hydrogen-bond acceptors (Lipinski definition) is 7. The van der Waals surface area contributed by atoms with Crippen molar-refractivity contribution in [3.05, 3.63) is 59.2 Å². The first-order chi connectivity index (χ1) is 18.4. The summed E-state index contributed by atoms with van der Waals surface area (Å²) < 4.78 is 10.6. The molecule has 10 heteroatoms. The van der Waals surface area contributed by atoms with Crippen LogP contribution in [0.15, 0.2) is 42.5 Å². The second-order valence-electron chi connectivity index (χ2n) is 10.1. The topological polar surface area (TPSA) is 121 Å². The number of nitrogens with zero attached hydrogens (tertiary/aromatic N) is 2. The number of carbonyl (C=O) groups is 3. The second kappa shape index (κ2) is 14.4. The molecule has 39 heavy (non-hydrogen) atoms. The Bertz CT molecular complexity index is 1190. The van der Waals surface area contributed by atoms with E-state index in [2.05, 4.69) is 10.6 Å². The van der Waals surface area contributed by atoms with Crippen LogP contribution in [-0.2, 0) is 14.3 Å². The molecule has 0 bridgehead atoms. The molecule has 3 amide bonds. The standard InChI is InChI=1S/C29H38N4O5S/c1-19-8-9-20(2)23(18-19)25(26(34)31-21-10-12-22(37-6)13-11-21)33(16-15-30)27(35)24(14-17-39-7)32-28(36)38-29(3,4)5/h8-13,18,24-25H,14,16-17H2,1-7H3,(H,31,34)(H,32,36). The first-order valence-electron chi connectivity index (χ1n) is 12.6. The largest absolute Gasteiger partial charge is 0.497 e. The number of ether oxygens (including phenoxy) is 2. The molecule has 2 atom stereocenters. The minimum absolute atomic E-state index is 0.292. The Kier molecular flexibility index (Phi) is 11.7. The van der Waals surface area contributed by atoms with Crippen molar-refractivity contribution in [1.29, 1.82) is 5.26 Å². The van der Waals surface area contributed by atoms with E-state index in [9.17, 15) is 19.6 Å². The lowest BCUT2D eigenvalue weighted by Gasteiger charge is -2.33. The van der Waals surface area contributed by atoms with Gasteiger partial charge in [0, 0.05) is 5.69 Å². The van der Waals surface area contributed by atoms with Crippen LogP contribution in [-0.4, -0.2) is 60.1 Å². The van der Waals surface area contributed by atoms with Gasteiger partial charge < -0.3 is 25.0 Å². The molecule has 2 aromatic carbocycles. The molecule has 9 nitrogen and oxygen atoms in total. The van der Waals surface area contributed by atoms with Crippen molar-refractivity contribution in [2.75, 3.05) is 31.0 Å². The summed E-state index contributed by atoms with van der Waals surface area (Å²) in [5.41, 5.74) is 2.01. The number of aryl methyl sites for hydroxylation is 2. The lowest BCUT2D eigenvalue weighted by Crippen LogP contribution is -2.52. The van der Waals surface area contributed by atoms with Gasteiger partial charge in [0.25, 0.3) is 5.91 Å². The van der Waals surface area contributed by atoms with Gasteiger partial charge in [-0.3, -0.25) is 9.59 Å². The first kappa shape index (κ1) is 31.5. The van der Waals surface area contributed by atoms with E-state index in [1.807, 2.05) is 44.4 Å². The molecule has 0 radical (unpaired) electrons. The summed E-state index contributed by atoms with van der Waals surface area (Å²) in [7, 11) is 1.55. The number of thioether (sulfide) groups is 1. The van der Waals surface area contributed by atoms with Gasteiger partial charge in [-0.05, 0) is 88.4 Å². The quantitative estimate of drug-likeness (QED) is 0.375. The van der Waals surface area contributed by atoms with Crippen LogP contribution in [0.4, 0.5) is 10.5 Å². The zero-order valence-electron chi connectivity index (χ0n) is 23.7. The number of methoxy groups -OCH3 is 1. The Morgan fingerprint density at radius 2 is 1.77 bits per heavy atom. The fourth-order valence-corrected chi connectivity index (χ4v) is 4.38. The van der Waals surface area contributed by atoms with Crippen LogP contribution in [0.5, 0.6) is 5.75 Å². The van der Waals surface area contributed by atoms with Crippen molar-refractivity contribution in [3.63, 3.8) is 0 Å². The molecule has 0 saturated carbocycles. The van der Waals surface area contributed by atoms with E-state index in [4.69, 9.17) is 9.47 Å². The van der Waals surface area contributed by atoms with Gasteiger partial charge in [-0.1, -0.05) is 23.8 Å². The molecule has 2 N–H and O–H groups in total. The highest BCUT2D eigenvalue weighted by atomic mass is 32.2. The van der Waals surface area contributed by atoms with Crippen LogP contribution < -0.4 is 15.4 Å². The monoisotopic (exact) mass is 554 g/mol. The number of amides is 3. The number of nitrogens with one attached hydrogen (secondary N) is 2. The Hall–Kier alpha value is -3.71. The fraction of sp³-hybridized carbons (Fsp3) is 0.448. The van der Waals surface area contributed by atoms with Gasteiger partial charge in [0.1, 0.15) is 30.0 Å². The van der Waals surface area contributed by atoms with Gasteiger partial charge in [0.2, 0.25) is 5.91 Å². The van der Waals surface area contributed by atoms with E-state index in [0.717, 1.165) is 11.1 Å². The van der Waals surface area contributed by atoms with E-state index >= 15 is 0 Å². The molecule has 0 aliphatic heterocycles. The third-order valence-corrected chi connectivity index (χ3v) is 6.41. The number of alkyl carbamates (subject to hydrolysis) is 1. The molecule has 0 heterocycles. The van der Waals surface area contributed by atoms with Gasteiger partial charge in [0.15, 0.2) is 0 Å². The third-order valence-electron chi connectivity index (χ3n) is 5.77. The van der Waals surface area contributed by atoms with E-state index < -0.39 is 35.6 Å². The van der Waals surface area contributed by atoms with Gasteiger partial charge >= 0.3 is 6.09 Å². The molecule has 0 aliphatic rings. The van der Waals surface area contributed by atoms with Gasteiger partial charge in [-0.25, -0.2) is 4.79 Å². The molecule has 210 valence electrons. The summed E-state index contributed by atoms with van der Waals surface area (Å²) in [4.78, 5) is 41.7. The average Bonchev–Trinajstić information content (AvgIpc) is 2.87. The molecule has 2 unspecified atom stereocenters. The highest BCUT2D eigenvalue weighted by Crippen LogP contribution is 2.28. The van der Waals surface area contributed by atoms with E-state index in [0.29, 0.717) is 29.2 Å². The highest BCUT2D eigenvalue weighted by Gasteiger charge is 2.37. The number of hydrogen-bond donors (Lipinski definition) is 2.